The zero-order valence-electron chi connectivity index (χ0n) is 16.3. The van der Waals surface area contributed by atoms with E-state index in [1.54, 1.807) is 24.3 Å². The predicted octanol–water partition coefficient (Wildman–Crippen LogP) is 3.54. The molecule has 152 valence electrons. The molecule has 6 heteroatoms. The van der Waals surface area contributed by atoms with Crippen molar-refractivity contribution in [1.82, 2.24) is 4.31 Å². The van der Waals surface area contributed by atoms with E-state index in [0.29, 0.717) is 5.56 Å². The molecule has 30 heavy (non-hydrogen) atoms. The lowest BCUT2D eigenvalue weighted by molar-refractivity contribution is 0.0555. The Balaban J connectivity index is 1.59. The Labute approximate surface area is 176 Å². The topological polar surface area (TPSA) is 81.4 Å². The summed E-state index contributed by atoms with van der Waals surface area (Å²) in [4.78, 5) is 0. The van der Waals surface area contributed by atoms with Crippen LogP contribution in [0.15, 0.2) is 84.9 Å². The van der Waals surface area contributed by atoms with E-state index < -0.39 is 22.1 Å². The molecule has 0 aromatic heterocycles. The Bertz CT molecular complexity index is 1140. The molecule has 1 fully saturated rings. The van der Waals surface area contributed by atoms with Crippen molar-refractivity contribution in [2.75, 3.05) is 6.61 Å². The van der Waals surface area contributed by atoms with E-state index in [9.17, 15) is 18.8 Å². The molecule has 0 spiro atoms. The van der Waals surface area contributed by atoms with Gasteiger partial charge in [-0.05, 0) is 22.3 Å². The van der Waals surface area contributed by atoms with Crippen molar-refractivity contribution in [2.24, 2.45) is 0 Å². The van der Waals surface area contributed by atoms with E-state index in [-0.39, 0.29) is 18.3 Å². The van der Waals surface area contributed by atoms with E-state index in [1.807, 2.05) is 60.7 Å². The first-order valence-electron chi connectivity index (χ1n) is 9.76. The first kappa shape index (κ1) is 20.3. The van der Waals surface area contributed by atoms with Gasteiger partial charge in [-0.3, -0.25) is 0 Å². The molecule has 4 rings (SSSR count). The van der Waals surface area contributed by atoms with Crippen LogP contribution in [0.2, 0.25) is 0 Å². The van der Waals surface area contributed by atoms with Gasteiger partial charge in [0.2, 0.25) is 10.0 Å². The molecule has 3 aromatic carbocycles. The van der Waals surface area contributed by atoms with Crippen LogP contribution in [-0.4, -0.2) is 36.5 Å². The smallest absolute Gasteiger partial charge is 0.219 e. The molecule has 3 atom stereocenters. The van der Waals surface area contributed by atoms with Crippen LogP contribution in [-0.2, 0) is 15.8 Å². The second-order valence-corrected chi connectivity index (χ2v) is 9.28. The summed E-state index contributed by atoms with van der Waals surface area (Å²) in [5.74, 6) is -0.558. The lowest BCUT2D eigenvalue weighted by Gasteiger charge is -2.50. The van der Waals surface area contributed by atoms with Crippen LogP contribution in [0, 0.1) is 11.3 Å². The highest BCUT2D eigenvalue weighted by molar-refractivity contribution is 7.88. The number of aliphatic hydroxyl groups is 1. The van der Waals surface area contributed by atoms with Crippen molar-refractivity contribution in [2.45, 2.75) is 23.8 Å². The fourth-order valence-electron chi connectivity index (χ4n) is 4.13. The highest BCUT2D eigenvalue weighted by Gasteiger charge is 2.54. The maximum atomic E-state index is 13.0. The van der Waals surface area contributed by atoms with Gasteiger partial charge in [0.1, 0.15) is 6.04 Å². The van der Waals surface area contributed by atoms with Gasteiger partial charge in [-0.25, -0.2) is 8.42 Å². The van der Waals surface area contributed by atoms with E-state index in [0.717, 1.165) is 16.7 Å². The van der Waals surface area contributed by atoms with Gasteiger partial charge < -0.3 is 5.11 Å². The summed E-state index contributed by atoms with van der Waals surface area (Å²) >= 11 is 0. The Morgan fingerprint density at radius 1 is 0.867 bits per heavy atom. The number of aliphatic hydroxyl groups excluding tert-OH is 1. The standard InChI is InChI=1S/C24H22N2O3S/c25-15-22-24(21-13-11-20(12-14-21)19-9-5-2-6-10-19)23(16-27)26(22)30(28,29)17-18-7-3-1-4-8-18/h1-14,22-24,27H,16-17H2/t22-,23+,24+/m0/s1. The van der Waals surface area contributed by atoms with E-state index >= 15 is 0 Å². The second-order valence-electron chi connectivity index (χ2n) is 7.41. The minimum Gasteiger partial charge on any atom is -0.395 e. The number of hydrogen-bond donors (Lipinski definition) is 1. The molecule has 0 bridgehead atoms. The summed E-state index contributed by atoms with van der Waals surface area (Å²) < 4.78 is 27.2. The van der Waals surface area contributed by atoms with Gasteiger partial charge in [0.25, 0.3) is 0 Å². The molecule has 0 amide bonds. The number of hydrogen-bond acceptors (Lipinski definition) is 4. The van der Waals surface area contributed by atoms with Crippen LogP contribution in [0.1, 0.15) is 17.0 Å². The molecule has 1 aliphatic heterocycles. The maximum absolute atomic E-state index is 13.0. The Hall–Kier alpha value is -2.98. The largest absolute Gasteiger partial charge is 0.395 e. The zero-order valence-corrected chi connectivity index (χ0v) is 17.1. The molecule has 1 aliphatic rings. The van der Waals surface area contributed by atoms with E-state index in [1.165, 1.54) is 4.31 Å². The molecule has 5 nitrogen and oxygen atoms in total. The molecule has 0 unspecified atom stereocenters. The van der Waals surface area contributed by atoms with Crippen LogP contribution in [0.25, 0.3) is 11.1 Å². The average Bonchev–Trinajstić information content (AvgIpc) is 2.75. The summed E-state index contributed by atoms with van der Waals surface area (Å²) in [7, 11) is -3.74. The van der Waals surface area contributed by atoms with Crippen molar-refractivity contribution in [3.8, 4) is 17.2 Å². The van der Waals surface area contributed by atoms with Gasteiger partial charge in [-0.2, -0.15) is 9.57 Å². The van der Waals surface area contributed by atoms with E-state index in [4.69, 9.17) is 0 Å². The summed E-state index contributed by atoms with van der Waals surface area (Å²) in [6.45, 7) is -0.336. The fraction of sp³-hybridized carbons (Fsp3) is 0.208. The van der Waals surface area contributed by atoms with Gasteiger partial charge in [0, 0.05) is 5.92 Å². The minimum absolute atomic E-state index is 0.192. The van der Waals surface area contributed by atoms with Gasteiger partial charge in [-0.1, -0.05) is 84.9 Å². The summed E-state index contributed by atoms with van der Waals surface area (Å²) in [6, 6.07) is 27.2. The number of nitriles is 1. The Morgan fingerprint density at radius 2 is 1.43 bits per heavy atom. The van der Waals surface area contributed by atoms with Crippen molar-refractivity contribution < 1.29 is 13.5 Å². The third-order valence-corrected chi connectivity index (χ3v) is 7.43. The predicted molar refractivity (Wildman–Crippen MR) is 116 cm³/mol. The fourth-order valence-corrected chi connectivity index (χ4v) is 6.03. The normalized spacial score (nSPS) is 21.5. The lowest BCUT2D eigenvalue weighted by Crippen LogP contribution is -2.65. The van der Waals surface area contributed by atoms with Crippen molar-refractivity contribution in [1.29, 1.82) is 5.26 Å². The van der Waals surface area contributed by atoms with E-state index in [2.05, 4.69) is 6.07 Å². The molecule has 1 heterocycles. The van der Waals surface area contributed by atoms with Gasteiger partial charge in [0.15, 0.2) is 0 Å². The molecule has 0 saturated carbocycles. The molecule has 1 saturated heterocycles. The lowest BCUT2D eigenvalue weighted by atomic mass is 9.78. The molecule has 1 N–H and O–H groups in total. The number of nitrogens with zero attached hydrogens (tertiary/aromatic N) is 2. The Kier molecular flexibility index (Phi) is 5.69. The molecule has 0 aliphatic carbocycles. The average molecular weight is 419 g/mol. The first-order chi connectivity index (χ1) is 14.5. The van der Waals surface area contributed by atoms with Gasteiger partial charge >= 0.3 is 0 Å². The number of sulfonamides is 1. The van der Waals surface area contributed by atoms with Crippen LogP contribution in [0.5, 0.6) is 0 Å². The van der Waals surface area contributed by atoms with Crippen molar-refractivity contribution >= 4 is 10.0 Å². The maximum Gasteiger partial charge on any atom is 0.219 e. The SMILES string of the molecule is N#C[C@H]1[C@@H](c2ccc(-c3ccccc3)cc2)[C@@H](CO)N1S(=O)(=O)Cc1ccccc1. The molecular formula is C24H22N2O3S. The van der Waals surface area contributed by atoms with Crippen LogP contribution in [0.3, 0.4) is 0 Å². The second kappa shape index (κ2) is 8.41. The Morgan fingerprint density at radius 3 is 2.00 bits per heavy atom. The quantitative estimate of drug-likeness (QED) is 0.664. The monoisotopic (exact) mass is 418 g/mol. The number of rotatable bonds is 6. The van der Waals surface area contributed by atoms with Crippen LogP contribution < -0.4 is 0 Å². The van der Waals surface area contributed by atoms with Gasteiger partial charge in [-0.15, -0.1) is 0 Å². The van der Waals surface area contributed by atoms with Crippen molar-refractivity contribution in [3.63, 3.8) is 0 Å². The van der Waals surface area contributed by atoms with Crippen LogP contribution in [0.4, 0.5) is 0 Å². The molecule has 0 radical (unpaired) electrons. The molecule has 3 aromatic rings. The number of benzene rings is 3. The third kappa shape index (κ3) is 3.75. The summed E-state index contributed by atoms with van der Waals surface area (Å²) in [6.07, 6.45) is 0. The highest BCUT2D eigenvalue weighted by atomic mass is 32.2. The molecular weight excluding hydrogens is 396 g/mol. The first-order valence-corrected chi connectivity index (χ1v) is 11.4. The minimum atomic E-state index is -3.74. The summed E-state index contributed by atoms with van der Waals surface area (Å²) in [5, 5.41) is 19.7. The van der Waals surface area contributed by atoms with Crippen molar-refractivity contribution in [3.05, 3.63) is 96.1 Å². The summed E-state index contributed by atoms with van der Waals surface area (Å²) in [5.41, 5.74) is 3.63. The zero-order chi connectivity index (χ0) is 21.1. The van der Waals surface area contributed by atoms with Gasteiger partial charge in [0.05, 0.1) is 24.5 Å². The third-order valence-electron chi connectivity index (χ3n) is 5.59. The highest BCUT2D eigenvalue weighted by Crippen LogP contribution is 2.43. The van der Waals surface area contributed by atoms with Crippen LogP contribution >= 0.6 is 0 Å².